The molecule has 1 N–H and O–H groups in total. The number of rotatable bonds is 1. The van der Waals surface area contributed by atoms with Gasteiger partial charge in [0, 0.05) is 11.0 Å². The van der Waals surface area contributed by atoms with Crippen LogP contribution in [0.2, 0.25) is 0 Å². The number of nitrogens with zero attached hydrogens (tertiary/aromatic N) is 4. The summed E-state index contributed by atoms with van der Waals surface area (Å²) >= 11 is 0. The Bertz CT molecular complexity index is 811. The molecule has 3 heterocycles. The zero-order chi connectivity index (χ0) is 17.0. The number of aryl methyl sites for hydroxylation is 1. The predicted molar refractivity (Wildman–Crippen MR) is 85.6 cm³/mol. The van der Waals surface area contributed by atoms with Crippen LogP contribution in [0.4, 0.5) is 15.8 Å². The minimum atomic E-state index is -0.652. The Labute approximate surface area is 138 Å². The number of fused-ring (bicyclic) bond motifs is 3. The number of pyridine rings is 1. The average molecular weight is 328 g/mol. The molecule has 1 aromatic carbocycles. The van der Waals surface area contributed by atoms with Gasteiger partial charge in [0.15, 0.2) is 0 Å². The highest BCUT2D eigenvalue weighted by atomic mass is 19.1. The summed E-state index contributed by atoms with van der Waals surface area (Å²) in [6, 6.07) is 7.60. The van der Waals surface area contributed by atoms with Gasteiger partial charge in [-0.1, -0.05) is 19.1 Å². The van der Waals surface area contributed by atoms with Crippen molar-refractivity contribution in [3.63, 3.8) is 0 Å². The van der Waals surface area contributed by atoms with E-state index in [0.717, 1.165) is 16.3 Å². The maximum absolute atomic E-state index is 14.4. The van der Waals surface area contributed by atoms with Crippen molar-refractivity contribution in [2.45, 2.75) is 26.3 Å². The number of carbonyl (C=O) groups is 1. The third-order valence-electron chi connectivity index (χ3n) is 4.62. The molecule has 1 fully saturated rings. The molecule has 2 aliphatic heterocycles. The van der Waals surface area contributed by atoms with Gasteiger partial charge in [-0.15, -0.1) is 0 Å². The quantitative estimate of drug-likeness (QED) is 0.871. The van der Waals surface area contributed by atoms with Crippen molar-refractivity contribution in [3.05, 3.63) is 53.6 Å². The van der Waals surface area contributed by atoms with Gasteiger partial charge in [-0.3, -0.25) is 15.0 Å². The van der Waals surface area contributed by atoms with Crippen molar-refractivity contribution in [1.82, 2.24) is 10.3 Å². The lowest BCUT2D eigenvalue weighted by atomic mass is 9.87. The van der Waals surface area contributed by atoms with Gasteiger partial charge in [0.05, 0.1) is 17.6 Å². The highest BCUT2D eigenvalue weighted by Gasteiger charge is 2.52. The van der Waals surface area contributed by atoms with E-state index in [2.05, 4.69) is 4.98 Å². The van der Waals surface area contributed by atoms with Crippen LogP contribution >= 0.6 is 0 Å². The molecule has 0 aliphatic carbocycles. The second-order valence-corrected chi connectivity index (χ2v) is 6.29. The van der Waals surface area contributed by atoms with Crippen LogP contribution in [0.15, 0.2) is 36.5 Å². The molecule has 0 saturated carbocycles. The van der Waals surface area contributed by atoms with E-state index >= 15 is 0 Å². The Kier molecular flexibility index (Phi) is 3.29. The number of halogens is 1. The summed E-state index contributed by atoms with van der Waals surface area (Å²) in [6.45, 7) is 3.76. The molecule has 0 bridgehead atoms. The highest BCUT2D eigenvalue weighted by molar-refractivity contribution is 6.01. The lowest BCUT2D eigenvalue weighted by Gasteiger charge is -2.37. The van der Waals surface area contributed by atoms with Crippen molar-refractivity contribution in [2.75, 3.05) is 10.0 Å². The first kappa shape index (κ1) is 15.0. The third kappa shape index (κ3) is 2.02. The van der Waals surface area contributed by atoms with Gasteiger partial charge in [-0.25, -0.2) is 9.40 Å². The minimum absolute atomic E-state index is 0.0649. The molecule has 124 valence electrons. The fraction of sp³-hybridized carbons (Fsp3) is 0.294. The Morgan fingerprint density at radius 3 is 2.79 bits per heavy atom. The van der Waals surface area contributed by atoms with Crippen LogP contribution in [0.3, 0.4) is 0 Å². The lowest BCUT2D eigenvalue weighted by Crippen LogP contribution is -2.49. The monoisotopic (exact) mass is 328 g/mol. The number of anilines is 2. The first-order valence-corrected chi connectivity index (χ1v) is 7.81. The molecular weight excluding hydrogens is 311 g/mol. The molecule has 7 heteroatoms. The average Bonchev–Trinajstić information content (AvgIpc) is 2.81. The van der Waals surface area contributed by atoms with Gasteiger partial charge >= 0.3 is 0 Å². The van der Waals surface area contributed by atoms with Gasteiger partial charge in [0.25, 0.3) is 5.91 Å². The van der Waals surface area contributed by atoms with Gasteiger partial charge in [0.1, 0.15) is 11.9 Å². The van der Waals surface area contributed by atoms with Crippen LogP contribution in [0.5, 0.6) is 0 Å². The molecule has 24 heavy (non-hydrogen) atoms. The fourth-order valence-corrected chi connectivity index (χ4v) is 3.49. The SMILES string of the molecule is Cc1ccc(N2C(=O)C3C(C)Cc4cccc(F)c4N3N2O)cn1. The third-order valence-corrected chi connectivity index (χ3v) is 4.62. The largest absolute Gasteiger partial charge is 0.276 e. The first-order valence-electron chi connectivity index (χ1n) is 7.81. The number of carbonyl (C=O) groups excluding carboxylic acids is 1. The Morgan fingerprint density at radius 1 is 1.29 bits per heavy atom. The number of hydrogen-bond acceptors (Lipinski definition) is 5. The molecule has 6 nitrogen and oxygen atoms in total. The zero-order valence-electron chi connectivity index (χ0n) is 13.3. The van der Waals surface area contributed by atoms with Crippen LogP contribution in [0.1, 0.15) is 18.2 Å². The zero-order valence-corrected chi connectivity index (χ0v) is 13.3. The van der Waals surface area contributed by atoms with Crippen LogP contribution in [-0.4, -0.2) is 27.4 Å². The van der Waals surface area contributed by atoms with Crippen LogP contribution in [0, 0.1) is 18.7 Å². The maximum Gasteiger partial charge on any atom is 0.269 e. The molecule has 0 radical (unpaired) electrons. The van der Waals surface area contributed by atoms with Gasteiger partial charge < -0.3 is 0 Å². The second kappa shape index (κ2) is 5.25. The number of hydrogen-bond donors (Lipinski definition) is 1. The van der Waals surface area contributed by atoms with E-state index in [1.54, 1.807) is 18.2 Å². The number of hydrazine groups is 2. The minimum Gasteiger partial charge on any atom is -0.276 e. The summed E-state index contributed by atoms with van der Waals surface area (Å²) in [4.78, 5) is 17.1. The predicted octanol–water partition coefficient (Wildman–Crippen LogP) is 2.46. The van der Waals surface area contributed by atoms with Crippen molar-refractivity contribution >= 4 is 17.3 Å². The molecular formula is C17H17FN4O2. The molecule has 0 spiro atoms. The summed E-state index contributed by atoms with van der Waals surface area (Å²) < 4.78 is 14.4. The summed E-state index contributed by atoms with van der Waals surface area (Å²) in [5.74, 6) is -0.824. The normalized spacial score (nSPS) is 23.4. The van der Waals surface area contributed by atoms with Crippen molar-refractivity contribution in [3.8, 4) is 0 Å². The number of benzene rings is 1. The van der Waals surface area contributed by atoms with E-state index in [1.165, 1.54) is 17.3 Å². The highest BCUT2D eigenvalue weighted by Crippen LogP contribution is 2.41. The van der Waals surface area contributed by atoms with E-state index in [0.29, 0.717) is 17.4 Å². The van der Waals surface area contributed by atoms with Crippen LogP contribution < -0.4 is 10.0 Å². The summed E-state index contributed by atoms with van der Waals surface area (Å²) in [5.41, 5.74) is 2.26. The Hall–Kier alpha value is -2.51. The van der Waals surface area contributed by atoms with E-state index in [9.17, 15) is 14.4 Å². The van der Waals surface area contributed by atoms with Crippen molar-refractivity contribution in [1.29, 1.82) is 0 Å². The molecule has 1 aromatic heterocycles. The lowest BCUT2D eigenvalue weighted by molar-refractivity contribution is -0.127. The Balaban J connectivity index is 1.83. The van der Waals surface area contributed by atoms with E-state index < -0.39 is 11.9 Å². The molecule has 1 saturated heterocycles. The molecule has 2 atom stereocenters. The Morgan fingerprint density at radius 2 is 2.08 bits per heavy atom. The molecule has 4 rings (SSSR count). The standard InChI is InChI=1S/C17H17FN4O2/c1-10-8-12-4-3-5-14(18)16(12)21-15(10)17(23)20(22(21)24)13-7-6-11(2)19-9-13/h3-7,9-10,15,24H,8H2,1-2H3. The van der Waals surface area contributed by atoms with Crippen LogP contribution in [-0.2, 0) is 11.2 Å². The molecule has 2 aromatic rings. The van der Waals surface area contributed by atoms with Gasteiger partial charge in [-0.2, -0.15) is 5.01 Å². The van der Waals surface area contributed by atoms with Gasteiger partial charge in [-0.05, 0) is 43.0 Å². The summed E-state index contributed by atoms with van der Waals surface area (Å²) in [6.07, 6.45) is 2.09. The number of aromatic nitrogens is 1. The molecule has 1 amide bonds. The van der Waals surface area contributed by atoms with E-state index in [4.69, 9.17) is 0 Å². The van der Waals surface area contributed by atoms with Crippen molar-refractivity contribution < 1.29 is 14.4 Å². The van der Waals surface area contributed by atoms with E-state index in [-0.39, 0.29) is 17.5 Å². The number of amides is 1. The fourth-order valence-electron chi connectivity index (χ4n) is 3.49. The maximum atomic E-state index is 14.4. The van der Waals surface area contributed by atoms with Crippen LogP contribution in [0.25, 0.3) is 0 Å². The summed E-state index contributed by atoms with van der Waals surface area (Å²) in [7, 11) is 0. The molecule has 2 aliphatic rings. The molecule has 2 unspecified atom stereocenters. The van der Waals surface area contributed by atoms with Crippen molar-refractivity contribution in [2.24, 2.45) is 5.92 Å². The topological polar surface area (TPSA) is 59.9 Å². The van der Waals surface area contributed by atoms with E-state index in [1.807, 2.05) is 19.9 Å². The smallest absolute Gasteiger partial charge is 0.269 e. The second-order valence-electron chi connectivity index (χ2n) is 6.29. The number of para-hydroxylation sites is 1. The van der Waals surface area contributed by atoms with Gasteiger partial charge in [0.2, 0.25) is 0 Å². The first-order chi connectivity index (χ1) is 11.5. The summed E-state index contributed by atoms with van der Waals surface area (Å²) in [5, 5.41) is 13.8.